The van der Waals surface area contributed by atoms with Crippen LogP contribution in [0.3, 0.4) is 0 Å². The van der Waals surface area contributed by atoms with Gasteiger partial charge in [0.15, 0.2) is 22.5 Å². The summed E-state index contributed by atoms with van der Waals surface area (Å²) in [6, 6.07) is 9.03. The van der Waals surface area contributed by atoms with Gasteiger partial charge in [-0.2, -0.15) is 0 Å². The molecule has 2 aliphatic rings. The van der Waals surface area contributed by atoms with Gasteiger partial charge in [0.05, 0.1) is 23.7 Å². The summed E-state index contributed by atoms with van der Waals surface area (Å²) in [5.41, 5.74) is 1.40. The van der Waals surface area contributed by atoms with Crippen LogP contribution in [0.4, 0.5) is 5.69 Å². The van der Waals surface area contributed by atoms with Gasteiger partial charge in [-0.1, -0.05) is 18.2 Å². The molecule has 1 atom stereocenters. The van der Waals surface area contributed by atoms with Crippen LogP contribution in [-0.2, 0) is 16.1 Å². The van der Waals surface area contributed by atoms with Crippen molar-refractivity contribution < 1.29 is 19.1 Å². The molecule has 0 saturated carbocycles. The summed E-state index contributed by atoms with van der Waals surface area (Å²) in [7, 11) is 0. The van der Waals surface area contributed by atoms with Crippen molar-refractivity contribution in [3.63, 3.8) is 0 Å². The van der Waals surface area contributed by atoms with E-state index in [1.165, 1.54) is 11.8 Å². The Morgan fingerprint density at radius 3 is 2.91 bits per heavy atom. The number of hydrogen-bond acceptors (Lipinski definition) is 8. The first kappa shape index (κ1) is 23.2. The molecule has 1 N–H and O–H groups in total. The fourth-order valence-electron chi connectivity index (χ4n) is 4.03. The Bertz CT molecular complexity index is 1220. The summed E-state index contributed by atoms with van der Waals surface area (Å²) in [5, 5.41) is 11.8. The van der Waals surface area contributed by atoms with E-state index in [0.29, 0.717) is 47.7 Å². The predicted molar refractivity (Wildman–Crippen MR) is 130 cm³/mol. The number of nitrogens with zero attached hydrogens (tertiary/aromatic N) is 5. The van der Waals surface area contributed by atoms with Crippen LogP contribution in [-0.4, -0.2) is 55.1 Å². The van der Waals surface area contributed by atoms with Crippen molar-refractivity contribution in [1.82, 2.24) is 24.6 Å². The number of benzene rings is 1. The Balaban J connectivity index is 1.35. The number of ether oxygens (including phenoxy) is 2. The molecule has 3 aromatic rings. The third-order valence-electron chi connectivity index (χ3n) is 5.90. The number of nitrogens with one attached hydrogen (secondary N) is 1. The highest BCUT2D eigenvalue weighted by atomic mass is 32.2. The number of amides is 2. The first-order valence-corrected chi connectivity index (χ1v) is 12.5. The second-order valence-corrected chi connectivity index (χ2v) is 9.70. The lowest BCUT2D eigenvalue weighted by Gasteiger charge is -2.20. The Kier molecular flexibility index (Phi) is 6.84. The molecule has 2 aliphatic heterocycles. The summed E-state index contributed by atoms with van der Waals surface area (Å²) in [4.78, 5) is 31.6. The van der Waals surface area contributed by atoms with Crippen molar-refractivity contribution in [3.05, 3.63) is 48.5 Å². The fraction of sp³-hybridized carbons (Fsp3) is 0.375. The Hall–Kier alpha value is -3.60. The molecule has 5 rings (SSSR count). The maximum Gasteiger partial charge on any atom is 0.237 e. The molecule has 1 aromatic carbocycles. The van der Waals surface area contributed by atoms with E-state index in [2.05, 4.69) is 20.5 Å². The van der Waals surface area contributed by atoms with Gasteiger partial charge in [-0.25, -0.2) is 0 Å². The summed E-state index contributed by atoms with van der Waals surface area (Å²) in [5.74, 6) is 1.85. The fourth-order valence-corrected chi connectivity index (χ4v) is 4.92. The molecule has 1 unspecified atom stereocenters. The van der Waals surface area contributed by atoms with Crippen molar-refractivity contribution in [2.75, 3.05) is 18.7 Å². The van der Waals surface area contributed by atoms with Crippen LogP contribution in [0.1, 0.15) is 38.4 Å². The normalized spacial score (nSPS) is 16.1. The molecule has 1 saturated heterocycles. The summed E-state index contributed by atoms with van der Waals surface area (Å²) >= 11 is 1.30. The summed E-state index contributed by atoms with van der Waals surface area (Å²) in [6.45, 7) is 3.05. The van der Waals surface area contributed by atoms with E-state index >= 15 is 0 Å². The lowest BCUT2D eigenvalue weighted by molar-refractivity contribution is -0.131. The smallest absolute Gasteiger partial charge is 0.237 e. The molecule has 0 spiro atoms. The van der Waals surface area contributed by atoms with Crippen molar-refractivity contribution >= 4 is 29.3 Å². The highest BCUT2D eigenvalue weighted by molar-refractivity contribution is 8.00. The van der Waals surface area contributed by atoms with E-state index in [-0.39, 0.29) is 18.6 Å². The molecule has 1 fully saturated rings. The van der Waals surface area contributed by atoms with Crippen LogP contribution in [0, 0.1) is 0 Å². The van der Waals surface area contributed by atoms with Crippen LogP contribution < -0.4 is 14.8 Å². The van der Waals surface area contributed by atoms with Crippen LogP contribution in [0.2, 0.25) is 0 Å². The Morgan fingerprint density at radius 2 is 2.06 bits per heavy atom. The third kappa shape index (κ3) is 5.24. The van der Waals surface area contributed by atoms with Crippen LogP contribution >= 0.6 is 11.8 Å². The van der Waals surface area contributed by atoms with E-state index < -0.39 is 5.25 Å². The van der Waals surface area contributed by atoms with Crippen molar-refractivity contribution in [2.45, 2.75) is 49.6 Å². The van der Waals surface area contributed by atoms with Gasteiger partial charge in [0.1, 0.15) is 0 Å². The molecule has 35 heavy (non-hydrogen) atoms. The number of pyridine rings is 1. The molecular weight excluding hydrogens is 468 g/mol. The minimum Gasteiger partial charge on any atom is -0.454 e. The SMILES string of the molecule is CC(Sc1nnc(CN2CCCCCC2=O)n1-c1cccnc1)C(=O)Nc1ccc2c(c1)OCO2. The summed E-state index contributed by atoms with van der Waals surface area (Å²) < 4.78 is 12.6. The highest BCUT2D eigenvalue weighted by Crippen LogP contribution is 2.34. The number of rotatable bonds is 7. The molecule has 0 aliphatic carbocycles. The first-order chi connectivity index (χ1) is 17.1. The number of likely N-dealkylation sites (tertiary alicyclic amines) is 1. The van der Waals surface area contributed by atoms with E-state index in [0.717, 1.165) is 24.9 Å². The summed E-state index contributed by atoms with van der Waals surface area (Å²) in [6.07, 6.45) is 6.92. The first-order valence-electron chi connectivity index (χ1n) is 11.6. The number of hydrogen-bond donors (Lipinski definition) is 1. The molecule has 4 heterocycles. The lowest BCUT2D eigenvalue weighted by atomic mass is 10.2. The second kappa shape index (κ2) is 10.3. The van der Waals surface area contributed by atoms with Gasteiger partial charge in [0, 0.05) is 30.9 Å². The van der Waals surface area contributed by atoms with Gasteiger partial charge < -0.3 is 19.7 Å². The van der Waals surface area contributed by atoms with E-state index in [4.69, 9.17) is 9.47 Å². The van der Waals surface area contributed by atoms with E-state index in [9.17, 15) is 9.59 Å². The minimum atomic E-state index is -0.465. The maximum atomic E-state index is 12.9. The molecule has 2 amide bonds. The molecule has 0 bridgehead atoms. The van der Waals surface area contributed by atoms with Gasteiger partial charge in [0.25, 0.3) is 0 Å². The number of aromatic nitrogens is 4. The number of fused-ring (bicyclic) bond motifs is 1. The van der Waals surface area contributed by atoms with Crippen LogP contribution in [0.25, 0.3) is 5.69 Å². The largest absolute Gasteiger partial charge is 0.454 e. The topological polar surface area (TPSA) is 111 Å². The van der Waals surface area contributed by atoms with Crippen LogP contribution in [0.5, 0.6) is 11.5 Å². The third-order valence-corrected chi connectivity index (χ3v) is 6.94. The zero-order valence-electron chi connectivity index (χ0n) is 19.3. The van der Waals surface area contributed by atoms with Crippen molar-refractivity contribution in [2.24, 2.45) is 0 Å². The molecule has 10 nitrogen and oxygen atoms in total. The maximum absolute atomic E-state index is 12.9. The van der Waals surface area contributed by atoms with E-state index in [1.807, 2.05) is 28.5 Å². The quantitative estimate of drug-likeness (QED) is 0.498. The standard InChI is InChI=1S/C24H26N6O4S/c1-16(23(32)26-17-8-9-19-20(12-17)34-15-33-19)35-24-28-27-21(30(24)18-6-5-10-25-13-18)14-29-11-4-2-3-7-22(29)31/h5-6,8-10,12-13,16H,2-4,7,11,14-15H2,1H3,(H,26,32). The minimum absolute atomic E-state index is 0.133. The number of carbonyl (C=O) groups is 2. The van der Waals surface area contributed by atoms with Crippen LogP contribution in [0.15, 0.2) is 47.9 Å². The van der Waals surface area contributed by atoms with E-state index in [1.54, 1.807) is 30.6 Å². The monoisotopic (exact) mass is 494 g/mol. The van der Waals surface area contributed by atoms with Gasteiger partial charge in [-0.15, -0.1) is 10.2 Å². The average Bonchev–Trinajstić information content (AvgIpc) is 3.44. The average molecular weight is 495 g/mol. The Labute approximate surface area is 207 Å². The number of anilines is 1. The molecule has 2 aromatic heterocycles. The molecular formula is C24H26N6O4S. The predicted octanol–water partition coefficient (Wildman–Crippen LogP) is 3.41. The Morgan fingerprint density at radius 1 is 1.17 bits per heavy atom. The number of carbonyl (C=O) groups excluding carboxylic acids is 2. The highest BCUT2D eigenvalue weighted by Gasteiger charge is 2.25. The van der Waals surface area contributed by atoms with Crippen molar-refractivity contribution in [1.29, 1.82) is 0 Å². The lowest BCUT2D eigenvalue weighted by Crippen LogP contribution is -2.31. The zero-order chi connectivity index (χ0) is 24.2. The second-order valence-electron chi connectivity index (χ2n) is 8.39. The number of thioether (sulfide) groups is 1. The molecule has 11 heteroatoms. The zero-order valence-corrected chi connectivity index (χ0v) is 20.2. The molecule has 0 radical (unpaired) electrons. The van der Waals surface area contributed by atoms with Gasteiger partial charge in [0.2, 0.25) is 18.6 Å². The van der Waals surface area contributed by atoms with Gasteiger partial charge in [-0.3, -0.25) is 19.1 Å². The molecule has 182 valence electrons. The van der Waals surface area contributed by atoms with Crippen molar-refractivity contribution in [3.8, 4) is 17.2 Å². The van der Waals surface area contributed by atoms with Gasteiger partial charge in [-0.05, 0) is 44.0 Å². The van der Waals surface area contributed by atoms with Gasteiger partial charge >= 0.3 is 0 Å².